The maximum absolute atomic E-state index is 14.0. The molecule has 4 aromatic rings. The van der Waals surface area contributed by atoms with E-state index in [1.165, 1.54) is 6.07 Å². The lowest BCUT2D eigenvalue weighted by Crippen LogP contribution is -2.46. The molecule has 0 radical (unpaired) electrons. The van der Waals surface area contributed by atoms with E-state index < -0.39 is 0 Å². The van der Waals surface area contributed by atoms with Gasteiger partial charge in [-0.25, -0.2) is 4.39 Å². The van der Waals surface area contributed by atoms with Crippen LogP contribution in [0.15, 0.2) is 91.0 Å². The molecule has 5 rings (SSSR count). The summed E-state index contributed by atoms with van der Waals surface area (Å²) in [7, 11) is 0. The van der Waals surface area contributed by atoms with Gasteiger partial charge in [0.15, 0.2) is 5.11 Å². The second kappa shape index (κ2) is 10.8. The Balaban J connectivity index is 1.12. The summed E-state index contributed by atoms with van der Waals surface area (Å²) < 4.78 is 14.0. The summed E-state index contributed by atoms with van der Waals surface area (Å²) in [6.45, 7) is 4.13. The lowest BCUT2D eigenvalue weighted by Gasteiger charge is -2.36. The number of fused-ring (bicyclic) bond motifs is 1. The standard InChI is InChI=1S/C29H27FN4OS/c30-27-8-4-3-7-24(27)20-33-15-17-34(18-16-33)26-13-11-25(12-14-26)31-29(36)32-28(35)23-10-9-21-5-1-2-6-22(21)19-23/h1-14,19H,15-18,20H2,(H2,31,32,35,36). The molecule has 0 bridgehead atoms. The van der Waals surface area contributed by atoms with Crippen LogP contribution in [0.25, 0.3) is 10.8 Å². The molecule has 1 heterocycles. The molecular formula is C29H27FN4OS. The van der Waals surface area contributed by atoms with Gasteiger partial charge in [0.05, 0.1) is 0 Å². The number of carbonyl (C=O) groups is 1. The third kappa shape index (κ3) is 5.70. The number of rotatable bonds is 5. The first-order valence-electron chi connectivity index (χ1n) is 12.0. The molecular weight excluding hydrogens is 471 g/mol. The molecule has 1 aliphatic heterocycles. The van der Waals surface area contributed by atoms with Gasteiger partial charge >= 0.3 is 0 Å². The molecule has 5 nitrogen and oxygen atoms in total. The SMILES string of the molecule is O=C(NC(=S)Nc1ccc(N2CCN(Cc3ccccc3F)CC2)cc1)c1ccc2ccccc2c1. The van der Waals surface area contributed by atoms with Gasteiger partial charge in [-0.2, -0.15) is 0 Å². The van der Waals surface area contributed by atoms with Crippen molar-refractivity contribution in [3.8, 4) is 0 Å². The normalized spacial score (nSPS) is 14.0. The van der Waals surface area contributed by atoms with Gasteiger partial charge < -0.3 is 10.2 Å². The van der Waals surface area contributed by atoms with E-state index in [1.807, 2.05) is 72.8 Å². The van der Waals surface area contributed by atoms with Gasteiger partial charge in [0.25, 0.3) is 5.91 Å². The predicted octanol–water partition coefficient (Wildman–Crippen LogP) is 5.43. The number of nitrogens with zero attached hydrogens (tertiary/aromatic N) is 2. The molecule has 1 fully saturated rings. The van der Waals surface area contributed by atoms with Gasteiger partial charge in [-0.05, 0) is 65.5 Å². The highest BCUT2D eigenvalue weighted by atomic mass is 32.1. The quantitative estimate of drug-likeness (QED) is 0.360. The Morgan fingerprint density at radius 1 is 0.833 bits per heavy atom. The van der Waals surface area contributed by atoms with E-state index >= 15 is 0 Å². The molecule has 0 saturated carbocycles. The molecule has 1 saturated heterocycles. The zero-order valence-electron chi connectivity index (χ0n) is 19.8. The van der Waals surface area contributed by atoms with Crippen molar-refractivity contribution < 1.29 is 9.18 Å². The average Bonchev–Trinajstić information content (AvgIpc) is 2.90. The monoisotopic (exact) mass is 498 g/mol. The van der Waals surface area contributed by atoms with Crippen LogP contribution in [0.2, 0.25) is 0 Å². The predicted molar refractivity (Wildman–Crippen MR) is 148 cm³/mol. The van der Waals surface area contributed by atoms with E-state index in [1.54, 1.807) is 12.1 Å². The smallest absolute Gasteiger partial charge is 0.257 e. The average molecular weight is 499 g/mol. The second-order valence-electron chi connectivity index (χ2n) is 8.87. The van der Waals surface area contributed by atoms with Crippen molar-refractivity contribution in [3.05, 3.63) is 108 Å². The van der Waals surface area contributed by atoms with Gasteiger partial charge in [-0.15, -0.1) is 0 Å². The number of nitrogens with one attached hydrogen (secondary N) is 2. The van der Waals surface area contributed by atoms with Crippen LogP contribution in [-0.4, -0.2) is 42.1 Å². The van der Waals surface area contributed by atoms with Crippen LogP contribution in [0.5, 0.6) is 0 Å². The zero-order valence-corrected chi connectivity index (χ0v) is 20.6. The fourth-order valence-corrected chi connectivity index (χ4v) is 4.67. The van der Waals surface area contributed by atoms with E-state index in [0.29, 0.717) is 12.1 Å². The molecule has 0 aromatic heterocycles. The fraction of sp³-hybridized carbons (Fsp3) is 0.172. The van der Waals surface area contributed by atoms with Crippen LogP contribution in [-0.2, 0) is 6.54 Å². The number of amides is 1. The van der Waals surface area contributed by atoms with Crippen molar-refractivity contribution in [2.45, 2.75) is 6.54 Å². The minimum Gasteiger partial charge on any atom is -0.369 e. The fourth-order valence-electron chi connectivity index (χ4n) is 4.46. The van der Waals surface area contributed by atoms with Crippen molar-refractivity contribution in [2.75, 3.05) is 36.4 Å². The van der Waals surface area contributed by atoms with E-state index in [2.05, 4.69) is 20.4 Å². The van der Waals surface area contributed by atoms with Gasteiger partial charge in [0.2, 0.25) is 0 Å². The molecule has 4 aromatic carbocycles. The number of carbonyl (C=O) groups excluding carboxylic acids is 1. The number of thiocarbonyl (C=S) groups is 1. The highest BCUT2D eigenvalue weighted by Crippen LogP contribution is 2.21. The summed E-state index contributed by atoms with van der Waals surface area (Å²) in [6.07, 6.45) is 0. The molecule has 0 atom stereocenters. The molecule has 182 valence electrons. The highest BCUT2D eigenvalue weighted by molar-refractivity contribution is 7.80. The Labute approximate surface area is 215 Å². The minimum absolute atomic E-state index is 0.144. The van der Waals surface area contributed by atoms with Crippen molar-refractivity contribution in [3.63, 3.8) is 0 Å². The Kier molecular flexibility index (Phi) is 7.21. The Morgan fingerprint density at radius 2 is 1.53 bits per heavy atom. The van der Waals surface area contributed by atoms with E-state index in [4.69, 9.17) is 12.2 Å². The molecule has 0 aliphatic carbocycles. The summed E-state index contributed by atoms with van der Waals surface area (Å²) in [5.74, 6) is -0.391. The lowest BCUT2D eigenvalue weighted by molar-refractivity contribution is 0.0978. The second-order valence-corrected chi connectivity index (χ2v) is 9.28. The van der Waals surface area contributed by atoms with Gasteiger partial charge in [-0.3, -0.25) is 15.0 Å². The zero-order chi connectivity index (χ0) is 24.9. The minimum atomic E-state index is -0.247. The molecule has 7 heteroatoms. The first kappa shape index (κ1) is 23.9. The Hall–Kier alpha value is -3.81. The van der Waals surface area contributed by atoms with Crippen molar-refractivity contribution >= 4 is 45.4 Å². The van der Waals surface area contributed by atoms with Crippen LogP contribution < -0.4 is 15.5 Å². The molecule has 2 N–H and O–H groups in total. The number of benzene rings is 4. The first-order chi connectivity index (χ1) is 17.5. The lowest BCUT2D eigenvalue weighted by atomic mass is 10.1. The largest absolute Gasteiger partial charge is 0.369 e. The summed E-state index contributed by atoms with van der Waals surface area (Å²) in [5, 5.41) is 8.19. The topological polar surface area (TPSA) is 47.6 Å². The van der Waals surface area contributed by atoms with Crippen LogP contribution in [0.3, 0.4) is 0 Å². The van der Waals surface area contributed by atoms with Crippen molar-refractivity contribution in [1.29, 1.82) is 0 Å². The highest BCUT2D eigenvalue weighted by Gasteiger charge is 2.18. The van der Waals surface area contributed by atoms with Gasteiger partial charge in [-0.1, -0.05) is 48.5 Å². The van der Waals surface area contributed by atoms with Gasteiger partial charge in [0, 0.05) is 55.2 Å². The molecule has 0 spiro atoms. The van der Waals surface area contributed by atoms with Crippen molar-refractivity contribution in [2.24, 2.45) is 0 Å². The maximum Gasteiger partial charge on any atom is 0.257 e. The van der Waals surface area contributed by atoms with E-state index in [0.717, 1.165) is 53.9 Å². The van der Waals surface area contributed by atoms with E-state index in [9.17, 15) is 9.18 Å². The van der Waals surface area contributed by atoms with E-state index in [-0.39, 0.29) is 16.8 Å². The van der Waals surface area contributed by atoms with Crippen LogP contribution in [0.4, 0.5) is 15.8 Å². The molecule has 36 heavy (non-hydrogen) atoms. The first-order valence-corrected chi connectivity index (χ1v) is 12.4. The van der Waals surface area contributed by atoms with Crippen LogP contribution in [0, 0.1) is 5.82 Å². The summed E-state index contributed by atoms with van der Waals surface area (Å²) in [5.41, 5.74) is 3.23. The molecule has 1 amide bonds. The Bertz CT molecular complexity index is 1380. The van der Waals surface area contributed by atoms with Gasteiger partial charge in [0.1, 0.15) is 5.82 Å². The third-order valence-electron chi connectivity index (χ3n) is 6.45. The third-order valence-corrected chi connectivity index (χ3v) is 6.66. The summed E-state index contributed by atoms with van der Waals surface area (Å²) >= 11 is 5.36. The van der Waals surface area contributed by atoms with Crippen LogP contribution >= 0.6 is 12.2 Å². The number of anilines is 2. The molecule has 1 aliphatic rings. The number of piperazine rings is 1. The summed E-state index contributed by atoms with van der Waals surface area (Å²) in [6, 6.07) is 28.5. The van der Waals surface area contributed by atoms with Crippen LogP contribution in [0.1, 0.15) is 15.9 Å². The maximum atomic E-state index is 14.0. The Morgan fingerprint density at radius 3 is 2.28 bits per heavy atom. The molecule has 0 unspecified atom stereocenters. The van der Waals surface area contributed by atoms with Crippen molar-refractivity contribution in [1.82, 2.24) is 10.2 Å². The summed E-state index contributed by atoms with van der Waals surface area (Å²) in [4.78, 5) is 17.2. The number of hydrogen-bond donors (Lipinski definition) is 2. The number of hydrogen-bond acceptors (Lipinski definition) is 4. The number of halogens is 1.